The molecule has 1 nitrogen and oxygen atoms in total. The molecule has 0 aliphatic heterocycles. The minimum absolute atomic E-state index is 0.845. The van der Waals surface area contributed by atoms with Crippen molar-refractivity contribution in [2.75, 3.05) is 0 Å². The van der Waals surface area contributed by atoms with Gasteiger partial charge in [-0.15, -0.1) is 0 Å². The lowest BCUT2D eigenvalue weighted by Crippen LogP contribution is -2.03. The molecule has 1 heteroatoms. The fourth-order valence-corrected chi connectivity index (χ4v) is 1.36. The molecule has 0 saturated heterocycles. The summed E-state index contributed by atoms with van der Waals surface area (Å²) in [6.07, 6.45) is 6.71. The van der Waals surface area contributed by atoms with Crippen LogP contribution in [0.3, 0.4) is 0 Å². The first kappa shape index (κ1) is 7.34. The second-order valence-corrected chi connectivity index (χ2v) is 2.89. The SMILES string of the molecule is CCC1CC=C(C#N)CC1. The zero-order valence-electron chi connectivity index (χ0n) is 6.43. The zero-order valence-corrected chi connectivity index (χ0v) is 6.43. The Hall–Kier alpha value is -0.770. The van der Waals surface area contributed by atoms with Crippen molar-refractivity contribution in [2.45, 2.75) is 32.6 Å². The molecule has 0 N–H and O–H groups in total. The number of nitriles is 1. The molecule has 1 aliphatic rings. The first-order valence-corrected chi connectivity index (χ1v) is 3.96. The Labute approximate surface area is 62.4 Å². The summed E-state index contributed by atoms with van der Waals surface area (Å²) in [5.41, 5.74) is 0.990. The summed E-state index contributed by atoms with van der Waals surface area (Å²) in [5, 5.41) is 8.53. The topological polar surface area (TPSA) is 23.8 Å². The molecule has 0 saturated carbocycles. The van der Waals surface area contributed by atoms with Gasteiger partial charge in [-0.2, -0.15) is 5.26 Å². The summed E-state index contributed by atoms with van der Waals surface area (Å²) in [7, 11) is 0. The molecule has 54 valence electrons. The van der Waals surface area contributed by atoms with E-state index in [-0.39, 0.29) is 0 Å². The van der Waals surface area contributed by atoms with E-state index in [1.165, 1.54) is 12.8 Å². The monoisotopic (exact) mass is 135 g/mol. The van der Waals surface area contributed by atoms with E-state index in [0.717, 1.165) is 24.3 Å². The van der Waals surface area contributed by atoms with E-state index in [9.17, 15) is 0 Å². The van der Waals surface area contributed by atoms with Gasteiger partial charge in [-0.05, 0) is 25.2 Å². The number of rotatable bonds is 1. The quantitative estimate of drug-likeness (QED) is 0.542. The summed E-state index contributed by atoms with van der Waals surface area (Å²) < 4.78 is 0. The van der Waals surface area contributed by atoms with Crippen LogP contribution >= 0.6 is 0 Å². The summed E-state index contributed by atoms with van der Waals surface area (Å²) in [6, 6.07) is 2.21. The molecule has 1 aliphatic carbocycles. The minimum Gasteiger partial charge on any atom is -0.193 e. The van der Waals surface area contributed by atoms with Crippen LogP contribution in [-0.2, 0) is 0 Å². The lowest BCUT2D eigenvalue weighted by molar-refractivity contribution is 0.460. The van der Waals surface area contributed by atoms with Crippen LogP contribution in [0.1, 0.15) is 32.6 Å². The highest BCUT2D eigenvalue weighted by Gasteiger charge is 2.11. The lowest BCUT2D eigenvalue weighted by atomic mass is 9.88. The Kier molecular flexibility index (Phi) is 2.50. The summed E-state index contributed by atoms with van der Waals surface area (Å²) in [5.74, 6) is 0.845. The van der Waals surface area contributed by atoms with Gasteiger partial charge in [0.25, 0.3) is 0 Å². The van der Waals surface area contributed by atoms with Gasteiger partial charge in [0, 0.05) is 5.57 Å². The third-order valence-corrected chi connectivity index (χ3v) is 2.24. The summed E-state index contributed by atoms with van der Waals surface area (Å²) in [4.78, 5) is 0. The predicted octanol–water partition coefficient (Wildman–Crippen LogP) is 2.65. The van der Waals surface area contributed by atoms with E-state index in [2.05, 4.69) is 19.1 Å². The fraction of sp³-hybridized carbons (Fsp3) is 0.667. The van der Waals surface area contributed by atoms with E-state index in [1.807, 2.05) is 0 Å². The predicted molar refractivity (Wildman–Crippen MR) is 41.3 cm³/mol. The average Bonchev–Trinajstić information content (AvgIpc) is 2.05. The third kappa shape index (κ3) is 1.60. The molecule has 0 aromatic carbocycles. The maximum Gasteiger partial charge on any atom is 0.0943 e. The van der Waals surface area contributed by atoms with Crippen LogP contribution in [0, 0.1) is 17.2 Å². The van der Waals surface area contributed by atoms with Crippen molar-refractivity contribution in [2.24, 2.45) is 5.92 Å². The van der Waals surface area contributed by atoms with E-state index in [0.29, 0.717) is 0 Å². The average molecular weight is 135 g/mol. The van der Waals surface area contributed by atoms with Crippen molar-refractivity contribution in [3.05, 3.63) is 11.6 Å². The van der Waals surface area contributed by atoms with Gasteiger partial charge in [0.15, 0.2) is 0 Å². The van der Waals surface area contributed by atoms with E-state index in [4.69, 9.17) is 5.26 Å². The molecule has 0 bridgehead atoms. The fourth-order valence-electron chi connectivity index (χ4n) is 1.36. The Balaban J connectivity index is 2.46. The third-order valence-electron chi connectivity index (χ3n) is 2.24. The largest absolute Gasteiger partial charge is 0.193 e. The van der Waals surface area contributed by atoms with E-state index < -0.39 is 0 Å². The van der Waals surface area contributed by atoms with Crippen molar-refractivity contribution < 1.29 is 0 Å². The highest BCUT2D eigenvalue weighted by Crippen LogP contribution is 2.24. The Morgan fingerprint density at radius 1 is 1.80 bits per heavy atom. The molecular formula is C9H13N. The van der Waals surface area contributed by atoms with Gasteiger partial charge in [0.2, 0.25) is 0 Å². The molecular weight excluding hydrogens is 122 g/mol. The highest BCUT2D eigenvalue weighted by molar-refractivity contribution is 5.22. The number of hydrogen-bond acceptors (Lipinski definition) is 1. The van der Waals surface area contributed by atoms with Crippen LogP contribution in [0.4, 0.5) is 0 Å². The number of hydrogen-bond donors (Lipinski definition) is 0. The molecule has 0 heterocycles. The Morgan fingerprint density at radius 3 is 3.00 bits per heavy atom. The lowest BCUT2D eigenvalue weighted by Gasteiger charge is -2.16. The van der Waals surface area contributed by atoms with Gasteiger partial charge < -0.3 is 0 Å². The molecule has 0 fully saturated rings. The molecule has 1 atom stereocenters. The Morgan fingerprint density at radius 2 is 2.60 bits per heavy atom. The van der Waals surface area contributed by atoms with E-state index in [1.54, 1.807) is 0 Å². The van der Waals surface area contributed by atoms with Gasteiger partial charge in [0.05, 0.1) is 6.07 Å². The standard InChI is InChI=1S/C9H13N/c1-2-8-3-5-9(7-10)6-4-8/h5,8H,2-4,6H2,1H3. The van der Waals surface area contributed by atoms with Gasteiger partial charge in [0.1, 0.15) is 0 Å². The minimum atomic E-state index is 0.845. The van der Waals surface area contributed by atoms with Crippen molar-refractivity contribution in [3.63, 3.8) is 0 Å². The first-order valence-electron chi connectivity index (χ1n) is 3.96. The molecule has 10 heavy (non-hydrogen) atoms. The van der Waals surface area contributed by atoms with Crippen LogP contribution in [-0.4, -0.2) is 0 Å². The molecule has 0 amide bonds. The van der Waals surface area contributed by atoms with Crippen LogP contribution in [0.15, 0.2) is 11.6 Å². The summed E-state index contributed by atoms with van der Waals surface area (Å²) >= 11 is 0. The second-order valence-electron chi connectivity index (χ2n) is 2.89. The van der Waals surface area contributed by atoms with Gasteiger partial charge in [-0.1, -0.05) is 19.4 Å². The molecule has 1 unspecified atom stereocenters. The second kappa shape index (κ2) is 3.41. The molecule has 0 aromatic rings. The van der Waals surface area contributed by atoms with Crippen LogP contribution in [0.5, 0.6) is 0 Å². The smallest absolute Gasteiger partial charge is 0.0943 e. The highest BCUT2D eigenvalue weighted by atomic mass is 14.3. The van der Waals surface area contributed by atoms with Gasteiger partial charge in [-0.25, -0.2) is 0 Å². The van der Waals surface area contributed by atoms with Crippen molar-refractivity contribution in [1.82, 2.24) is 0 Å². The Bertz CT molecular complexity index is 174. The van der Waals surface area contributed by atoms with Gasteiger partial charge >= 0.3 is 0 Å². The summed E-state index contributed by atoms with van der Waals surface area (Å²) in [6.45, 7) is 2.22. The molecule has 0 aromatic heterocycles. The van der Waals surface area contributed by atoms with Crippen molar-refractivity contribution in [3.8, 4) is 6.07 Å². The maximum atomic E-state index is 8.53. The number of nitrogens with zero attached hydrogens (tertiary/aromatic N) is 1. The van der Waals surface area contributed by atoms with Crippen LogP contribution in [0.2, 0.25) is 0 Å². The van der Waals surface area contributed by atoms with E-state index >= 15 is 0 Å². The molecule has 0 spiro atoms. The normalized spacial score (nSPS) is 25.2. The van der Waals surface area contributed by atoms with Crippen molar-refractivity contribution >= 4 is 0 Å². The molecule has 0 radical (unpaired) electrons. The van der Waals surface area contributed by atoms with Crippen LogP contribution in [0.25, 0.3) is 0 Å². The number of allylic oxidation sites excluding steroid dienone is 2. The van der Waals surface area contributed by atoms with Crippen LogP contribution < -0.4 is 0 Å². The maximum absolute atomic E-state index is 8.53. The zero-order chi connectivity index (χ0) is 7.40. The first-order chi connectivity index (χ1) is 4.86. The van der Waals surface area contributed by atoms with Gasteiger partial charge in [-0.3, -0.25) is 0 Å². The molecule has 1 rings (SSSR count). The van der Waals surface area contributed by atoms with Crippen molar-refractivity contribution in [1.29, 1.82) is 5.26 Å².